The quantitative estimate of drug-likeness (QED) is 0.494. The highest BCUT2D eigenvalue weighted by molar-refractivity contribution is 5.84. The molecule has 0 saturated heterocycles. The summed E-state index contributed by atoms with van der Waals surface area (Å²) in [5.41, 5.74) is 8.13. The molecular weight excluding hydrogens is 284 g/mol. The van der Waals surface area contributed by atoms with Crippen LogP contribution in [0.2, 0.25) is 0 Å². The van der Waals surface area contributed by atoms with Crippen molar-refractivity contribution in [1.29, 1.82) is 0 Å². The Hall–Kier alpha value is -3.16. The maximum absolute atomic E-state index is 9.89. The molecule has 2 aromatic heterocycles. The number of hydrogen-bond donors (Lipinski definition) is 3. The molecule has 4 N–H and O–H groups in total. The number of ether oxygens (including phenoxy) is 1. The van der Waals surface area contributed by atoms with Crippen LogP contribution in [0, 0.1) is 0 Å². The second-order valence-electron chi connectivity index (χ2n) is 4.51. The van der Waals surface area contributed by atoms with E-state index in [-0.39, 0.29) is 11.4 Å². The third kappa shape index (κ3) is 2.53. The van der Waals surface area contributed by atoms with Gasteiger partial charge in [0.25, 0.3) is 0 Å². The van der Waals surface area contributed by atoms with Gasteiger partial charge in [0.15, 0.2) is 0 Å². The first kappa shape index (κ1) is 13.8. The van der Waals surface area contributed by atoms with Crippen LogP contribution in [0.3, 0.4) is 0 Å². The molecule has 0 saturated carbocycles. The molecule has 112 valence electrons. The molecule has 0 amide bonds. The number of tetrazole rings is 1. The van der Waals surface area contributed by atoms with E-state index in [1.54, 1.807) is 24.4 Å². The number of benzene rings is 1. The van der Waals surface area contributed by atoms with E-state index in [1.165, 1.54) is 0 Å². The topological polar surface area (TPSA) is 123 Å². The number of phenolic OH excluding ortho intramolecular Hbond substituents is 1. The Kier molecular flexibility index (Phi) is 3.57. The monoisotopic (exact) mass is 298 g/mol. The van der Waals surface area contributed by atoms with Crippen molar-refractivity contribution in [3.63, 3.8) is 0 Å². The molecule has 0 aliphatic rings. The molecule has 3 aromatic rings. The van der Waals surface area contributed by atoms with E-state index in [4.69, 9.17) is 10.5 Å². The minimum atomic E-state index is -0.0175. The summed E-state index contributed by atoms with van der Waals surface area (Å²) in [5, 5.41) is 23.8. The molecule has 0 atom stereocenters. The fraction of sp³-hybridized carbons (Fsp3) is 0.143. The normalized spacial score (nSPS) is 10.6. The third-order valence-electron chi connectivity index (χ3n) is 3.09. The summed E-state index contributed by atoms with van der Waals surface area (Å²) in [7, 11) is 0. The average Bonchev–Trinajstić information content (AvgIpc) is 3.05. The Morgan fingerprint density at radius 2 is 2.14 bits per heavy atom. The highest BCUT2D eigenvalue weighted by atomic mass is 16.5. The highest BCUT2D eigenvalue weighted by Gasteiger charge is 2.15. The summed E-state index contributed by atoms with van der Waals surface area (Å²) in [6, 6.07) is 6.75. The van der Waals surface area contributed by atoms with Crippen molar-refractivity contribution in [2.75, 3.05) is 12.3 Å². The van der Waals surface area contributed by atoms with Gasteiger partial charge in [-0.05, 0) is 35.9 Å². The van der Waals surface area contributed by atoms with Crippen LogP contribution >= 0.6 is 0 Å². The number of nitrogens with two attached hydrogens (primary N) is 1. The maximum atomic E-state index is 9.89. The summed E-state index contributed by atoms with van der Waals surface area (Å²) in [4.78, 5) is 4.22. The minimum absolute atomic E-state index is 0.0175. The van der Waals surface area contributed by atoms with Crippen LogP contribution in [-0.4, -0.2) is 37.3 Å². The first-order valence-electron chi connectivity index (χ1n) is 6.64. The number of hydrogen-bond acceptors (Lipinski definition) is 7. The van der Waals surface area contributed by atoms with E-state index in [9.17, 15) is 5.11 Å². The van der Waals surface area contributed by atoms with E-state index in [1.807, 2.05) is 13.0 Å². The third-order valence-corrected chi connectivity index (χ3v) is 3.09. The smallest absolute Gasteiger partial charge is 0.213 e. The summed E-state index contributed by atoms with van der Waals surface area (Å²) in [5.74, 6) is 0.902. The van der Waals surface area contributed by atoms with Crippen molar-refractivity contribution in [2.24, 2.45) is 0 Å². The molecule has 1 aromatic carbocycles. The lowest BCUT2D eigenvalue weighted by Gasteiger charge is -2.10. The van der Waals surface area contributed by atoms with Gasteiger partial charge in [0.05, 0.1) is 12.3 Å². The molecule has 0 unspecified atom stereocenters. The van der Waals surface area contributed by atoms with E-state index < -0.39 is 0 Å². The van der Waals surface area contributed by atoms with E-state index in [0.29, 0.717) is 29.4 Å². The van der Waals surface area contributed by atoms with Gasteiger partial charge in [0.2, 0.25) is 11.7 Å². The van der Waals surface area contributed by atoms with E-state index >= 15 is 0 Å². The van der Waals surface area contributed by atoms with Crippen LogP contribution < -0.4 is 10.5 Å². The molecule has 0 radical (unpaired) electrons. The Morgan fingerprint density at radius 1 is 1.27 bits per heavy atom. The Labute approximate surface area is 126 Å². The number of anilines is 1. The minimum Gasteiger partial charge on any atom is -0.506 e. The number of aromatic hydroxyl groups is 1. The van der Waals surface area contributed by atoms with Crippen LogP contribution in [0.1, 0.15) is 6.92 Å². The zero-order chi connectivity index (χ0) is 15.5. The predicted octanol–water partition coefficient (Wildman–Crippen LogP) is 1.62. The molecule has 3 rings (SSSR count). The second kappa shape index (κ2) is 5.68. The van der Waals surface area contributed by atoms with Gasteiger partial charge in [0, 0.05) is 23.4 Å². The van der Waals surface area contributed by atoms with Crippen molar-refractivity contribution in [2.45, 2.75) is 6.92 Å². The lowest BCUT2D eigenvalue weighted by molar-refractivity contribution is 0.327. The summed E-state index contributed by atoms with van der Waals surface area (Å²) >= 11 is 0. The van der Waals surface area contributed by atoms with Gasteiger partial charge in [-0.15, -0.1) is 10.2 Å². The van der Waals surface area contributed by atoms with Crippen LogP contribution in [0.15, 0.2) is 30.5 Å². The van der Waals surface area contributed by atoms with Crippen molar-refractivity contribution in [3.8, 4) is 34.1 Å². The molecule has 8 nitrogen and oxygen atoms in total. The second-order valence-corrected chi connectivity index (χ2v) is 4.51. The summed E-state index contributed by atoms with van der Waals surface area (Å²) < 4.78 is 5.32. The molecule has 0 spiro atoms. The zero-order valence-electron chi connectivity index (χ0n) is 11.8. The fourth-order valence-electron chi connectivity index (χ4n) is 2.08. The van der Waals surface area contributed by atoms with Gasteiger partial charge in [0.1, 0.15) is 5.75 Å². The molecule has 0 aliphatic carbocycles. The standard InChI is InChI=1S/C14H14N6O2/c1-2-22-13-4-3-8(7-16-13)9-6-12(21)11(15)5-10(9)14-17-19-20-18-14/h3-7,21H,2,15H2,1H3,(H,17,18,19,20). The fourth-order valence-corrected chi connectivity index (χ4v) is 2.08. The summed E-state index contributed by atoms with van der Waals surface area (Å²) in [6.45, 7) is 2.44. The van der Waals surface area contributed by atoms with Crippen molar-refractivity contribution >= 4 is 5.69 Å². The molecule has 8 heteroatoms. The number of pyridine rings is 1. The van der Waals surface area contributed by atoms with Crippen molar-refractivity contribution < 1.29 is 9.84 Å². The molecule has 0 aliphatic heterocycles. The lowest BCUT2D eigenvalue weighted by atomic mass is 9.99. The molecular formula is C14H14N6O2. The van der Waals surface area contributed by atoms with Crippen molar-refractivity contribution in [3.05, 3.63) is 30.5 Å². The van der Waals surface area contributed by atoms with Gasteiger partial charge in [-0.25, -0.2) is 4.98 Å². The highest BCUT2D eigenvalue weighted by Crippen LogP contribution is 2.36. The lowest BCUT2D eigenvalue weighted by Crippen LogP contribution is -1.95. The molecule has 2 heterocycles. The Morgan fingerprint density at radius 3 is 2.77 bits per heavy atom. The number of nitrogen functional groups attached to an aromatic ring is 1. The number of rotatable bonds is 4. The average molecular weight is 298 g/mol. The summed E-state index contributed by atoms with van der Waals surface area (Å²) in [6.07, 6.45) is 1.65. The number of aromatic amines is 1. The molecule has 0 fully saturated rings. The number of aromatic nitrogens is 5. The van der Waals surface area contributed by atoms with Crippen LogP contribution in [-0.2, 0) is 0 Å². The number of nitrogens with zero attached hydrogens (tertiary/aromatic N) is 4. The van der Waals surface area contributed by atoms with Gasteiger partial charge in [-0.3, -0.25) is 0 Å². The predicted molar refractivity (Wildman–Crippen MR) is 80.1 cm³/mol. The van der Waals surface area contributed by atoms with E-state index in [0.717, 1.165) is 5.56 Å². The van der Waals surface area contributed by atoms with Crippen LogP contribution in [0.4, 0.5) is 5.69 Å². The Bertz CT molecular complexity index is 771. The first-order valence-corrected chi connectivity index (χ1v) is 6.64. The SMILES string of the molecule is CCOc1ccc(-c2cc(O)c(N)cc2-c2nn[nH]n2)cn1. The van der Waals surface area contributed by atoms with Crippen molar-refractivity contribution in [1.82, 2.24) is 25.6 Å². The van der Waals surface area contributed by atoms with Gasteiger partial charge < -0.3 is 15.6 Å². The maximum Gasteiger partial charge on any atom is 0.213 e. The molecule has 22 heavy (non-hydrogen) atoms. The first-order chi connectivity index (χ1) is 10.7. The Balaban J connectivity index is 2.11. The van der Waals surface area contributed by atoms with Gasteiger partial charge in [-0.2, -0.15) is 5.21 Å². The zero-order valence-corrected chi connectivity index (χ0v) is 11.8. The number of nitrogens with one attached hydrogen (secondary N) is 1. The van der Waals surface area contributed by atoms with Gasteiger partial charge in [-0.1, -0.05) is 0 Å². The van der Waals surface area contributed by atoms with Crippen LogP contribution in [0.5, 0.6) is 11.6 Å². The largest absolute Gasteiger partial charge is 0.506 e. The number of H-pyrrole nitrogens is 1. The molecule has 0 bridgehead atoms. The van der Waals surface area contributed by atoms with E-state index in [2.05, 4.69) is 25.6 Å². The number of phenols is 1. The van der Waals surface area contributed by atoms with Gasteiger partial charge >= 0.3 is 0 Å². The van der Waals surface area contributed by atoms with Crippen LogP contribution in [0.25, 0.3) is 22.5 Å².